The summed E-state index contributed by atoms with van der Waals surface area (Å²) >= 11 is 0. The van der Waals surface area contributed by atoms with Crippen LogP contribution in [-0.4, -0.2) is 83.0 Å². The van der Waals surface area contributed by atoms with Gasteiger partial charge in [-0.15, -0.1) is 28.5 Å². The number of carbonyl (C=O) groups excluding carboxylic acids is 3. The number of rotatable bonds is 7. The monoisotopic (exact) mass is 676 g/mol. The normalized spacial score (nSPS) is 32.7. The predicted molar refractivity (Wildman–Crippen MR) is 184 cm³/mol. The Balaban J connectivity index is 0.00000417. The minimum absolute atomic E-state index is 0. The first-order chi connectivity index (χ1) is 23.0. The molecule has 2 saturated heterocycles. The number of aliphatic hydroxyl groups is 1. The molecule has 2 aromatic heterocycles. The number of hydrogen-bond acceptors (Lipinski definition) is 7. The fourth-order valence-corrected chi connectivity index (χ4v) is 8.81. The number of fused-ring (bicyclic) bond motifs is 6. The molecule has 6 heterocycles. The average molecular weight is 677 g/mol. The molecule has 0 amide bonds. The van der Waals surface area contributed by atoms with E-state index in [-0.39, 0.29) is 65.7 Å². The fourth-order valence-electron chi connectivity index (χ4n) is 8.81. The van der Waals surface area contributed by atoms with Gasteiger partial charge in [0.1, 0.15) is 5.92 Å². The number of ether oxygens (including phenoxy) is 3. The zero-order valence-corrected chi connectivity index (χ0v) is 30.2. The molecule has 7 atom stereocenters. The number of aromatic nitrogens is 2. The second-order valence-electron chi connectivity index (χ2n) is 13.3. The molecule has 11 nitrogen and oxygen atoms in total. The molecule has 2 unspecified atom stereocenters. The second kappa shape index (κ2) is 12.6. The van der Waals surface area contributed by atoms with Crippen LogP contribution in [0, 0.1) is 24.7 Å². The van der Waals surface area contributed by atoms with Crippen LogP contribution in [0.25, 0.3) is 35.1 Å². The van der Waals surface area contributed by atoms with Crippen molar-refractivity contribution in [3.05, 3.63) is 78.4 Å². The van der Waals surface area contributed by atoms with Crippen LogP contribution in [-0.2, 0) is 41.4 Å². The van der Waals surface area contributed by atoms with Gasteiger partial charge in [-0.05, 0) is 55.9 Å². The molecular formula is C37H40MgN4O7-2. The zero-order valence-electron chi connectivity index (χ0n) is 28.8. The van der Waals surface area contributed by atoms with Crippen molar-refractivity contribution in [3.8, 4) is 0 Å². The van der Waals surface area contributed by atoms with E-state index in [1.54, 1.807) is 13.0 Å². The van der Waals surface area contributed by atoms with Crippen LogP contribution in [0.4, 0.5) is 0 Å². The number of hydrogen-bond donors (Lipinski definition) is 1. The third-order valence-electron chi connectivity index (χ3n) is 11.2. The van der Waals surface area contributed by atoms with Crippen LogP contribution in [0.3, 0.4) is 0 Å². The Labute approximate surface area is 301 Å². The van der Waals surface area contributed by atoms with E-state index in [2.05, 4.69) is 13.5 Å². The Hall–Kier alpha value is -3.58. The molecule has 1 N–H and O–H groups in total. The molecule has 12 heteroatoms. The number of methoxy groups -OCH3 is 1. The number of ketones is 1. The van der Waals surface area contributed by atoms with Crippen molar-refractivity contribution in [2.45, 2.75) is 83.7 Å². The van der Waals surface area contributed by atoms with Gasteiger partial charge in [0, 0.05) is 12.1 Å². The van der Waals surface area contributed by atoms with Gasteiger partial charge < -0.3 is 39.9 Å². The molecule has 7 rings (SSSR count). The summed E-state index contributed by atoms with van der Waals surface area (Å²) in [4.78, 5) is 50.4. The molecule has 0 radical (unpaired) electrons. The average Bonchev–Trinajstić information content (AvgIpc) is 3.40. The van der Waals surface area contributed by atoms with Gasteiger partial charge in [0.25, 0.3) is 0 Å². The Morgan fingerprint density at radius 2 is 1.94 bits per heavy atom. The van der Waals surface area contributed by atoms with Gasteiger partial charge in [-0.3, -0.25) is 14.4 Å². The Morgan fingerprint density at radius 1 is 1.18 bits per heavy atom. The van der Waals surface area contributed by atoms with E-state index in [1.165, 1.54) is 7.11 Å². The first-order valence-corrected chi connectivity index (χ1v) is 16.6. The maximum Gasteiger partial charge on any atom is 2.00 e. The molecule has 254 valence electrons. The summed E-state index contributed by atoms with van der Waals surface area (Å²) in [7, 11) is 1.26. The minimum atomic E-state index is -1.41. The standard InChI is InChI=1S/C37H40N4O7.Mg/c1-8-20-17(4)24-13-26-18(5)23(11-12-30(43)47-10-3)37(41-26)36(48-37)32(35(45)46-7)33(44)31-19(6)25(40-34(31)36)14-28-21(9-2)22(16-42)29(39-28)15-27(20)38-24;/h8,14-16,18,23,26,32,34H,1,9-13H2,2-7H3,(H,42,44);/q-4;+2/b29-15-;/t18-,23-,26?,32+,34?,36-,37-;/m0./s1. The van der Waals surface area contributed by atoms with Crippen molar-refractivity contribution in [1.29, 1.82) is 0 Å². The fraction of sp³-hybridized carbons (Fsp3) is 0.486. The zero-order chi connectivity index (χ0) is 34.3. The molecule has 1 saturated carbocycles. The van der Waals surface area contributed by atoms with Gasteiger partial charge in [-0.25, -0.2) is 0 Å². The van der Waals surface area contributed by atoms with Gasteiger partial charge in [0.2, 0.25) is 0 Å². The summed E-state index contributed by atoms with van der Waals surface area (Å²) < 4.78 is 17.3. The van der Waals surface area contributed by atoms with E-state index in [1.807, 2.05) is 32.9 Å². The first-order valence-electron chi connectivity index (χ1n) is 16.6. The number of carbonyl (C=O) groups is 3. The summed E-state index contributed by atoms with van der Waals surface area (Å²) in [5, 5.41) is 22.0. The molecule has 49 heavy (non-hydrogen) atoms. The van der Waals surface area contributed by atoms with Gasteiger partial charge in [-0.1, -0.05) is 73.7 Å². The van der Waals surface area contributed by atoms with Crippen LogP contribution in [0.1, 0.15) is 74.3 Å². The van der Waals surface area contributed by atoms with E-state index in [0.29, 0.717) is 58.1 Å². The van der Waals surface area contributed by atoms with Gasteiger partial charge >= 0.3 is 35.0 Å². The quantitative estimate of drug-likeness (QED) is 0.201. The van der Waals surface area contributed by atoms with Crippen LogP contribution in [0.5, 0.6) is 0 Å². The molecule has 2 aromatic rings. The summed E-state index contributed by atoms with van der Waals surface area (Å²) in [6.45, 7) is 14.0. The summed E-state index contributed by atoms with van der Waals surface area (Å²) in [5.74, 6) is -3.10. The Bertz CT molecular complexity index is 1960. The number of Topliss-reactive ketones (excluding diaryl/α,β-unsaturated/α-hetero) is 1. The van der Waals surface area contributed by atoms with E-state index >= 15 is 0 Å². The SMILES string of the molecule is C=Cc1c2[n-]c(c1C)CC1[N-][C@]3(O[C@@]34C3[N-]/C(=C\c5[n-]c(/c(=C\O)c5CC)=C\2)C(C)=C3C(=O)[C@@H]4C(=O)OC)[C@@H](CCC(=O)OCC)[C@@H]1C.[Mg+2]. The van der Waals surface area contributed by atoms with Crippen LogP contribution >= 0.6 is 0 Å². The van der Waals surface area contributed by atoms with Crippen molar-refractivity contribution in [1.82, 2.24) is 9.97 Å². The Kier molecular flexibility index (Phi) is 9.09. The van der Waals surface area contributed by atoms with Crippen LogP contribution in [0.2, 0.25) is 0 Å². The molecule has 1 aliphatic carbocycles. The second-order valence-corrected chi connectivity index (χ2v) is 13.3. The smallest absolute Gasteiger partial charge is 0.675 e. The predicted octanol–water partition coefficient (Wildman–Crippen LogP) is 3.02. The number of allylic oxidation sites excluding steroid dienone is 1. The molecule has 2 spiro atoms. The number of esters is 2. The van der Waals surface area contributed by atoms with E-state index in [0.717, 1.165) is 28.6 Å². The van der Waals surface area contributed by atoms with Crippen LogP contribution < -0.4 is 20.5 Å². The largest absolute Gasteiger partial charge is 2.00 e. The molecule has 3 fully saturated rings. The summed E-state index contributed by atoms with van der Waals surface area (Å²) in [6.07, 6.45) is 8.12. The maximum absolute atomic E-state index is 14.3. The molecule has 4 aliphatic heterocycles. The third-order valence-corrected chi connectivity index (χ3v) is 11.2. The maximum atomic E-state index is 14.3. The summed E-state index contributed by atoms with van der Waals surface area (Å²) in [5.41, 5.74) is 3.68. The molecular weight excluding hydrogens is 637 g/mol. The van der Waals surface area contributed by atoms with E-state index in [4.69, 9.17) is 34.8 Å². The third kappa shape index (κ3) is 4.85. The van der Waals surface area contributed by atoms with Crippen molar-refractivity contribution in [2.75, 3.05) is 13.7 Å². The van der Waals surface area contributed by atoms with Gasteiger partial charge in [0.05, 0.1) is 25.6 Å². The Morgan fingerprint density at radius 3 is 2.59 bits per heavy atom. The first kappa shape index (κ1) is 35.2. The van der Waals surface area contributed by atoms with Gasteiger partial charge in [0.15, 0.2) is 5.78 Å². The van der Waals surface area contributed by atoms with Crippen molar-refractivity contribution < 1.29 is 33.7 Å². The van der Waals surface area contributed by atoms with Crippen molar-refractivity contribution >= 4 is 65.3 Å². The van der Waals surface area contributed by atoms with E-state index < -0.39 is 29.3 Å². The minimum Gasteiger partial charge on any atom is -0.675 e. The number of aliphatic hydroxyl groups excluding tert-OH is 1. The molecule has 5 aliphatic rings. The van der Waals surface area contributed by atoms with Gasteiger partial charge in [-0.2, -0.15) is 5.69 Å². The van der Waals surface area contributed by atoms with E-state index in [9.17, 15) is 19.5 Å². The molecule has 0 aromatic carbocycles. The number of epoxide rings is 1. The van der Waals surface area contributed by atoms with Crippen molar-refractivity contribution in [3.63, 3.8) is 0 Å². The topological polar surface area (TPSA) is 159 Å². The van der Waals surface area contributed by atoms with Crippen molar-refractivity contribution in [2.24, 2.45) is 17.8 Å². The summed E-state index contributed by atoms with van der Waals surface area (Å²) in [6, 6.07) is -1.11. The molecule has 8 bridgehead atoms. The van der Waals surface area contributed by atoms with Crippen LogP contribution in [0.15, 0.2) is 23.4 Å². The number of nitrogens with zero attached hydrogens (tertiary/aromatic N) is 4.